The van der Waals surface area contributed by atoms with E-state index in [-0.39, 0.29) is 29.8 Å². The van der Waals surface area contributed by atoms with Gasteiger partial charge in [0.1, 0.15) is 0 Å². The van der Waals surface area contributed by atoms with Gasteiger partial charge in [0.25, 0.3) is 0 Å². The van der Waals surface area contributed by atoms with E-state index in [2.05, 4.69) is 5.32 Å². The first-order valence-corrected chi connectivity index (χ1v) is 14.0. The molecule has 4 bridgehead atoms. The maximum atomic E-state index is 13.4. The zero-order chi connectivity index (χ0) is 24.3. The lowest BCUT2D eigenvalue weighted by atomic mass is 9.47. The molecule has 8 nitrogen and oxygen atoms in total. The van der Waals surface area contributed by atoms with Gasteiger partial charge in [-0.3, -0.25) is 13.9 Å². The van der Waals surface area contributed by atoms with Crippen LogP contribution >= 0.6 is 11.6 Å². The van der Waals surface area contributed by atoms with Gasteiger partial charge in [-0.1, -0.05) is 17.7 Å². The lowest BCUT2D eigenvalue weighted by molar-refractivity contribution is -0.134. The molecule has 10 heteroatoms. The number of hydrogen-bond donors (Lipinski definition) is 2. The van der Waals surface area contributed by atoms with E-state index in [4.69, 9.17) is 17.3 Å². The number of carbonyl (C=O) groups is 2. The molecule has 4 saturated carbocycles. The summed E-state index contributed by atoms with van der Waals surface area (Å²) in [5.41, 5.74) is 6.80. The number of hydrogen-bond acceptors (Lipinski definition) is 4. The van der Waals surface area contributed by atoms with Crippen LogP contribution in [0.4, 0.5) is 5.69 Å². The van der Waals surface area contributed by atoms with Crippen LogP contribution in [0.5, 0.6) is 0 Å². The van der Waals surface area contributed by atoms with E-state index in [0.717, 1.165) is 32.1 Å². The fourth-order valence-electron chi connectivity index (χ4n) is 7.44. The summed E-state index contributed by atoms with van der Waals surface area (Å²) >= 11 is 6.23. The second-order valence-electron chi connectivity index (χ2n) is 10.9. The molecule has 1 aromatic rings. The Morgan fingerprint density at radius 2 is 1.88 bits per heavy atom. The standard InChI is InChI=1S/C24H33ClN4O4S/c1-15-19(25)4-2-5-20(15)29-7-3-6-28(34(29,32)33)14-22(31)27-23-17-8-16-9-18(23)12-24(10-16,11-17)13-21(26)30/h2,4-5,16-18,23H,3,6-14H2,1H3,(H2,26,30)(H,27,31). The molecule has 0 aromatic heterocycles. The Hall–Kier alpha value is -1.84. The third-order valence-corrected chi connectivity index (χ3v) is 10.8. The van der Waals surface area contributed by atoms with Crippen molar-refractivity contribution in [3.63, 3.8) is 0 Å². The third kappa shape index (κ3) is 4.20. The highest BCUT2D eigenvalue weighted by Crippen LogP contribution is 2.61. The van der Waals surface area contributed by atoms with Crippen molar-refractivity contribution in [2.24, 2.45) is 28.9 Å². The Morgan fingerprint density at radius 1 is 1.18 bits per heavy atom. The summed E-state index contributed by atoms with van der Waals surface area (Å²) in [6.45, 7) is 2.28. The summed E-state index contributed by atoms with van der Waals surface area (Å²) < 4.78 is 29.4. The van der Waals surface area contributed by atoms with E-state index >= 15 is 0 Å². The van der Waals surface area contributed by atoms with Crippen molar-refractivity contribution in [1.29, 1.82) is 0 Å². The van der Waals surface area contributed by atoms with Gasteiger partial charge in [0, 0.05) is 30.6 Å². The highest BCUT2D eigenvalue weighted by atomic mass is 35.5. The van der Waals surface area contributed by atoms with Crippen LogP contribution in [0.15, 0.2) is 18.2 Å². The fraction of sp³-hybridized carbons (Fsp3) is 0.667. The highest BCUT2D eigenvalue weighted by molar-refractivity contribution is 7.90. The maximum absolute atomic E-state index is 13.4. The van der Waals surface area contributed by atoms with Crippen molar-refractivity contribution >= 4 is 39.3 Å². The predicted octanol–water partition coefficient (Wildman–Crippen LogP) is 2.59. The monoisotopic (exact) mass is 508 g/mol. The first-order valence-electron chi connectivity index (χ1n) is 12.2. The van der Waals surface area contributed by atoms with Crippen LogP contribution in [0.2, 0.25) is 5.02 Å². The SMILES string of the molecule is Cc1c(Cl)cccc1N1CCCN(CC(=O)NC2C3CC4CC2CC(CC(N)=O)(C4)C3)S1(=O)=O. The molecule has 5 aliphatic rings. The molecule has 1 aromatic carbocycles. The molecular formula is C24H33ClN4O4S. The Labute approximate surface area is 206 Å². The first kappa shape index (κ1) is 23.9. The number of benzene rings is 1. The minimum Gasteiger partial charge on any atom is -0.370 e. The van der Waals surface area contributed by atoms with Crippen LogP contribution in [0.1, 0.15) is 50.5 Å². The van der Waals surface area contributed by atoms with E-state index < -0.39 is 10.2 Å². The highest BCUT2D eigenvalue weighted by Gasteiger charge is 2.56. The number of rotatable bonds is 6. The molecule has 2 atom stereocenters. The number of nitrogens with zero attached hydrogens (tertiary/aromatic N) is 2. The number of nitrogens with one attached hydrogen (secondary N) is 1. The largest absolute Gasteiger partial charge is 0.370 e. The lowest BCUT2D eigenvalue weighted by Crippen LogP contribution is -2.61. The van der Waals surface area contributed by atoms with Crippen molar-refractivity contribution in [2.75, 3.05) is 23.9 Å². The summed E-state index contributed by atoms with van der Waals surface area (Å²) in [6.07, 6.45) is 6.08. The van der Waals surface area contributed by atoms with Gasteiger partial charge >= 0.3 is 10.2 Å². The average Bonchev–Trinajstić information content (AvgIpc) is 2.73. The zero-order valence-electron chi connectivity index (χ0n) is 19.5. The Morgan fingerprint density at radius 3 is 2.56 bits per heavy atom. The van der Waals surface area contributed by atoms with Gasteiger partial charge in [-0.2, -0.15) is 12.7 Å². The second-order valence-corrected chi connectivity index (χ2v) is 13.1. The topological polar surface area (TPSA) is 113 Å². The van der Waals surface area contributed by atoms with Gasteiger partial charge in [-0.05, 0) is 86.3 Å². The lowest BCUT2D eigenvalue weighted by Gasteiger charge is -2.60. The first-order chi connectivity index (χ1) is 16.1. The molecule has 1 aliphatic heterocycles. The molecule has 5 fully saturated rings. The summed E-state index contributed by atoms with van der Waals surface area (Å²) in [5.74, 6) is 0.769. The van der Waals surface area contributed by atoms with Crippen molar-refractivity contribution in [3.05, 3.63) is 28.8 Å². The molecular weight excluding hydrogens is 476 g/mol. The van der Waals surface area contributed by atoms with Crippen molar-refractivity contribution in [3.8, 4) is 0 Å². The molecule has 186 valence electrons. The summed E-state index contributed by atoms with van der Waals surface area (Å²) in [4.78, 5) is 24.8. The van der Waals surface area contributed by atoms with Crippen molar-refractivity contribution < 1.29 is 18.0 Å². The van der Waals surface area contributed by atoms with Crippen molar-refractivity contribution in [2.45, 2.75) is 57.9 Å². The van der Waals surface area contributed by atoms with Gasteiger partial charge in [0.05, 0.1) is 12.2 Å². The van der Waals surface area contributed by atoms with E-state index in [0.29, 0.717) is 60.0 Å². The van der Waals surface area contributed by atoms with Gasteiger partial charge in [0.2, 0.25) is 11.8 Å². The Balaban J connectivity index is 1.27. The fourth-order valence-corrected chi connectivity index (χ4v) is 9.33. The average molecular weight is 509 g/mol. The number of anilines is 1. The summed E-state index contributed by atoms with van der Waals surface area (Å²) in [7, 11) is -3.84. The zero-order valence-corrected chi connectivity index (χ0v) is 21.1. The van der Waals surface area contributed by atoms with Gasteiger partial charge in [-0.25, -0.2) is 0 Å². The number of halogens is 1. The molecule has 1 saturated heterocycles. The minimum absolute atomic E-state index is 0.00487. The van der Waals surface area contributed by atoms with Crippen LogP contribution in [0, 0.1) is 30.1 Å². The molecule has 1 heterocycles. The normalized spacial score (nSPS) is 34.2. The van der Waals surface area contributed by atoms with Crippen LogP contribution in [-0.2, 0) is 19.8 Å². The van der Waals surface area contributed by atoms with E-state index in [9.17, 15) is 18.0 Å². The Bertz CT molecular complexity index is 1090. The molecule has 6 rings (SSSR count). The molecule has 2 unspecified atom stereocenters. The van der Waals surface area contributed by atoms with Crippen LogP contribution in [-0.4, -0.2) is 50.2 Å². The van der Waals surface area contributed by atoms with Crippen LogP contribution in [0.25, 0.3) is 0 Å². The second kappa shape index (κ2) is 8.68. The third-order valence-electron chi connectivity index (χ3n) is 8.48. The van der Waals surface area contributed by atoms with Gasteiger partial charge < -0.3 is 11.1 Å². The molecule has 0 spiro atoms. The van der Waals surface area contributed by atoms with Gasteiger partial charge in [0.15, 0.2) is 0 Å². The smallest absolute Gasteiger partial charge is 0.304 e. The number of amides is 2. The molecule has 4 aliphatic carbocycles. The molecule has 3 N–H and O–H groups in total. The minimum atomic E-state index is -3.84. The maximum Gasteiger partial charge on any atom is 0.304 e. The Kier molecular flexibility index (Phi) is 6.09. The number of primary amides is 1. The van der Waals surface area contributed by atoms with E-state index in [1.807, 2.05) is 0 Å². The predicted molar refractivity (Wildman–Crippen MR) is 130 cm³/mol. The van der Waals surface area contributed by atoms with E-state index in [1.54, 1.807) is 25.1 Å². The number of nitrogens with two attached hydrogens (primary N) is 1. The summed E-state index contributed by atoms with van der Waals surface area (Å²) in [6, 6.07) is 5.27. The van der Waals surface area contributed by atoms with Crippen LogP contribution in [0.3, 0.4) is 0 Å². The van der Waals surface area contributed by atoms with Gasteiger partial charge in [-0.15, -0.1) is 0 Å². The molecule has 34 heavy (non-hydrogen) atoms. The summed E-state index contributed by atoms with van der Waals surface area (Å²) in [5, 5.41) is 3.70. The van der Waals surface area contributed by atoms with Crippen LogP contribution < -0.4 is 15.4 Å². The van der Waals surface area contributed by atoms with E-state index in [1.165, 1.54) is 8.61 Å². The quantitative estimate of drug-likeness (QED) is 0.614. The molecule has 2 amide bonds. The molecule has 0 radical (unpaired) electrons. The number of carbonyl (C=O) groups excluding carboxylic acids is 2. The van der Waals surface area contributed by atoms with Crippen molar-refractivity contribution in [1.82, 2.24) is 9.62 Å².